The van der Waals surface area contributed by atoms with E-state index >= 15 is 0 Å². The third-order valence-electron chi connectivity index (χ3n) is 2.92. The molecule has 0 unspecified atom stereocenters. The number of carbonyl (C=O) groups excluding carboxylic acids is 1. The third kappa shape index (κ3) is 1.76. The van der Waals surface area contributed by atoms with Gasteiger partial charge in [-0.15, -0.1) is 0 Å². The third-order valence-corrected chi connectivity index (χ3v) is 2.92. The van der Waals surface area contributed by atoms with Crippen molar-refractivity contribution in [1.82, 2.24) is 0 Å². The molecule has 1 aromatic carbocycles. The minimum Gasteiger partial charge on any atom is -0.480 e. The molecule has 0 aromatic heterocycles. The minimum atomic E-state index is -1.30. The fraction of sp³-hybridized carbons (Fsp3) is 0.231. The maximum atomic E-state index is 12.1. The van der Waals surface area contributed by atoms with E-state index in [2.05, 4.69) is 6.04 Å². The molecule has 0 radical (unpaired) electrons. The number of terminal acetylenes is 1. The van der Waals surface area contributed by atoms with Crippen LogP contribution in [0.3, 0.4) is 0 Å². The van der Waals surface area contributed by atoms with Crippen LogP contribution in [0.4, 0.5) is 5.69 Å². The number of carbonyl (C=O) groups is 2. The highest BCUT2D eigenvalue weighted by Crippen LogP contribution is 2.47. The number of aliphatic carboxylic acids is 1. The Bertz CT molecular complexity index is 497. The number of rotatable bonds is 3. The topological polar surface area (TPSA) is 57.6 Å². The van der Waals surface area contributed by atoms with E-state index in [-0.39, 0.29) is 0 Å². The molecule has 86 valence electrons. The maximum Gasteiger partial charge on any atom is 0.319 e. The Morgan fingerprint density at radius 3 is 2.29 bits per heavy atom. The predicted molar refractivity (Wildman–Crippen MR) is 62.1 cm³/mol. The Kier molecular flexibility index (Phi) is 2.60. The summed E-state index contributed by atoms with van der Waals surface area (Å²) in [4.78, 5) is 24.2. The first-order valence-electron chi connectivity index (χ1n) is 5.21. The molecule has 1 aliphatic rings. The van der Waals surface area contributed by atoms with Crippen LogP contribution < -0.4 is 4.90 Å². The van der Waals surface area contributed by atoms with Crippen LogP contribution >= 0.6 is 0 Å². The average Bonchev–Trinajstić information content (AvgIpc) is 3.12. The lowest BCUT2D eigenvalue weighted by atomic mass is 10.1. The number of amides is 1. The first-order valence-corrected chi connectivity index (χ1v) is 5.21. The summed E-state index contributed by atoms with van der Waals surface area (Å²) in [6.07, 6.45) is 6.00. The van der Waals surface area contributed by atoms with Gasteiger partial charge >= 0.3 is 5.97 Å². The summed E-state index contributed by atoms with van der Waals surface area (Å²) in [6.45, 7) is 0. The van der Waals surface area contributed by atoms with Gasteiger partial charge in [0.15, 0.2) is 0 Å². The van der Waals surface area contributed by atoms with Crippen molar-refractivity contribution in [3.8, 4) is 12.5 Å². The van der Waals surface area contributed by atoms with E-state index in [1.54, 1.807) is 30.3 Å². The van der Waals surface area contributed by atoms with Crippen molar-refractivity contribution < 1.29 is 14.7 Å². The summed E-state index contributed by atoms with van der Waals surface area (Å²) in [6, 6.07) is 10.9. The van der Waals surface area contributed by atoms with Crippen molar-refractivity contribution >= 4 is 17.6 Å². The molecule has 1 amide bonds. The second-order valence-electron chi connectivity index (χ2n) is 3.99. The second kappa shape index (κ2) is 3.95. The average molecular weight is 229 g/mol. The lowest BCUT2D eigenvalue weighted by Crippen LogP contribution is -2.38. The van der Waals surface area contributed by atoms with E-state index in [0.717, 1.165) is 4.90 Å². The molecule has 1 aliphatic carbocycles. The zero-order chi connectivity index (χ0) is 12.5. The largest absolute Gasteiger partial charge is 0.480 e. The number of para-hydroxylation sites is 1. The highest BCUT2D eigenvalue weighted by atomic mass is 16.4. The van der Waals surface area contributed by atoms with Gasteiger partial charge in [0.05, 0.1) is 5.69 Å². The van der Waals surface area contributed by atoms with E-state index in [1.807, 2.05) is 0 Å². The zero-order valence-electron chi connectivity index (χ0n) is 9.09. The number of anilines is 1. The van der Waals surface area contributed by atoms with Crippen molar-refractivity contribution in [3.63, 3.8) is 0 Å². The Hall–Kier alpha value is -2.28. The molecule has 0 spiro atoms. The second-order valence-corrected chi connectivity index (χ2v) is 3.99. The van der Waals surface area contributed by atoms with Gasteiger partial charge in [0.2, 0.25) is 0 Å². The standard InChI is InChI=1S/C13H11NO3/c1-2-14(10-6-4-3-5-7-10)11(15)13(8-9-13)12(16)17/h1,3-7H,8-9H2,(H,16,17). The Morgan fingerprint density at radius 1 is 1.29 bits per heavy atom. The van der Waals surface area contributed by atoms with E-state index in [1.165, 1.54) is 0 Å². The van der Waals surface area contributed by atoms with Crippen molar-refractivity contribution in [2.75, 3.05) is 4.90 Å². The molecule has 4 heteroatoms. The molecule has 4 nitrogen and oxygen atoms in total. The van der Waals surface area contributed by atoms with Gasteiger partial charge in [0.25, 0.3) is 5.91 Å². The zero-order valence-corrected chi connectivity index (χ0v) is 9.09. The molecule has 0 heterocycles. The van der Waals surface area contributed by atoms with Crippen LogP contribution in [0.25, 0.3) is 0 Å². The van der Waals surface area contributed by atoms with Crippen LogP contribution in [0.15, 0.2) is 30.3 Å². The van der Waals surface area contributed by atoms with E-state index in [9.17, 15) is 9.59 Å². The van der Waals surface area contributed by atoms with Gasteiger partial charge in [-0.25, -0.2) is 4.90 Å². The first kappa shape index (κ1) is 11.2. The Balaban J connectivity index is 2.30. The van der Waals surface area contributed by atoms with Crippen molar-refractivity contribution in [1.29, 1.82) is 0 Å². The van der Waals surface area contributed by atoms with Crippen molar-refractivity contribution in [3.05, 3.63) is 30.3 Å². The lowest BCUT2D eigenvalue weighted by Gasteiger charge is -2.19. The predicted octanol–water partition coefficient (Wildman–Crippen LogP) is 1.48. The molecule has 2 rings (SSSR count). The van der Waals surface area contributed by atoms with Crippen molar-refractivity contribution in [2.45, 2.75) is 12.8 Å². The molecule has 0 saturated heterocycles. The highest BCUT2D eigenvalue weighted by Gasteiger charge is 2.58. The summed E-state index contributed by atoms with van der Waals surface area (Å²) >= 11 is 0. The highest BCUT2D eigenvalue weighted by molar-refractivity contribution is 6.13. The van der Waals surface area contributed by atoms with Crippen LogP contribution in [0.1, 0.15) is 12.8 Å². The van der Waals surface area contributed by atoms with Crippen LogP contribution in [-0.4, -0.2) is 17.0 Å². The number of hydrogen-bond donors (Lipinski definition) is 1. The van der Waals surface area contributed by atoms with Gasteiger partial charge in [-0.2, -0.15) is 0 Å². The van der Waals surface area contributed by atoms with Gasteiger partial charge in [-0.3, -0.25) is 9.59 Å². The number of carboxylic acids is 1. The van der Waals surface area contributed by atoms with E-state index in [0.29, 0.717) is 18.5 Å². The fourth-order valence-electron chi connectivity index (χ4n) is 1.69. The van der Waals surface area contributed by atoms with Crippen LogP contribution in [0.5, 0.6) is 0 Å². The molecule has 0 atom stereocenters. The maximum absolute atomic E-state index is 12.1. The van der Waals surface area contributed by atoms with E-state index < -0.39 is 17.3 Å². The molecule has 0 bridgehead atoms. The molecule has 1 fully saturated rings. The Morgan fingerprint density at radius 2 is 1.88 bits per heavy atom. The number of benzene rings is 1. The lowest BCUT2D eigenvalue weighted by molar-refractivity contribution is -0.147. The molecule has 17 heavy (non-hydrogen) atoms. The van der Waals surface area contributed by atoms with Crippen LogP contribution in [0.2, 0.25) is 0 Å². The quantitative estimate of drug-likeness (QED) is 0.485. The number of nitrogens with zero attached hydrogens (tertiary/aromatic N) is 1. The summed E-state index contributed by atoms with van der Waals surface area (Å²) < 4.78 is 0. The minimum absolute atomic E-state index is 0.353. The van der Waals surface area contributed by atoms with Gasteiger partial charge in [-0.05, 0) is 25.0 Å². The fourth-order valence-corrected chi connectivity index (χ4v) is 1.69. The van der Waals surface area contributed by atoms with Crippen LogP contribution in [-0.2, 0) is 9.59 Å². The molecule has 1 aromatic rings. The van der Waals surface area contributed by atoms with Gasteiger partial charge in [0.1, 0.15) is 5.41 Å². The first-order chi connectivity index (χ1) is 8.12. The normalized spacial score (nSPS) is 15.7. The summed E-state index contributed by atoms with van der Waals surface area (Å²) in [5.41, 5.74) is -0.783. The molecule has 1 N–H and O–H groups in total. The summed E-state index contributed by atoms with van der Waals surface area (Å²) in [7, 11) is 0. The van der Waals surface area contributed by atoms with Crippen LogP contribution in [0, 0.1) is 17.9 Å². The van der Waals surface area contributed by atoms with Gasteiger partial charge in [0, 0.05) is 6.04 Å². The van der Waals surface area contributed by atoms with E-state index in [4.69, 9.17) is 11.5 Å². The molecule has 1 saturated carbocycles. The summed E-state index contributed by atoms with van der Waals surface area (Å²) in [5.74, 6) is -1.63. The molecular weight excluding hydrogens is 218 g/mol. The smallest absolute Gasteiger partial charge is 0.319 e. The summed E-state index contributed by atoms with van der Waals surface area (Å²) in [5, 5.41) is 9.05. The monoisotopic (exact) mass is 229 g/mol. The van der Waals surface area contributed by atoms with Crippen molar-refractivity contribution in [2.24, 2.45) is 5.41 Å². The van der Waals surface area contributed by atoms with Gasteiger partial charge < -0.3 is 5.11 Å². The van der Waals surface area contributed by atoms with Gasteiger partial charge in [-0.1, -0.05) is 24.6 Å². The molecular formula is C13H11NO3. The Labute approximate surface area is 98.9 Å². The number of hydrogen-bond acceptors (Lipinski definition) is 2. The SMILES string of the molecule is C#CN(C(=O)C1(C(=O)O)CC1)c1ccccc1. The molecule has 0 aliphatic heterocycles. The number of carboxylic acid groups (broad SMARTS) is 1.